The van der Waals surface area contributed by atoms with E-state index in [9.17, 15) is 0 Å². The van der Waals surface area contributed by atoms with Crippen LogP contribution in [0.4, 0.5) is 0 Å². The Bertz CT molecular complexity index is 348. The third-order valence-electron chi connectivity index (χ3n) is 3.13. The lowest BCUT2D eigenvalue weighted by Crippen LogP contribution is -2.44. The van der Waals surface area contributed by atoms with Gasteiger partial charge in [0.05, 0.1) is 6.04 Å². The molecule has 0 aliphatic carbocycles. The molecule has 0 saturated heterocycles. The lowest BCUT2D eigenvalue weighted by Gasteiger charge is -2.27. The van der Waals surface area contributed by atoms with Crippen LogP contribution in [0.15, 0.2) is 12.1 Å². The molecule has 1 aromatic rings. The molecular formula is C16H29NO2S. The second-order valence-corrected chi connectivity index (χ2v) is 6.02. The Morgan fingerprint density at radius 1 is 1.05 bits per heavy atom. The fraction of sp³-hybridized carbons (Fsp3) is 0.750. The summed E-state index contributed by atoms with van der Waals surface area (Å²) in [6.07, 6.45) is 3.03. The van der Waals surface area contributed by atoms with E-state index in [4.69, 9.17) is 9.47 Å². The SMILES string of the molecule is CCCNC(Cc1ccc(CC)s1)C(OCC)OCC. The molecule has 0 fully saturated rings. The first-order valence-electron chi connectivity index (χ1n) is 7.79. The predicted molar refractivity (Wildman–Crippen MR) is 86.5 cm³/mol. The van der Waals surface area contributed by atoms with Crippen molar-refractivity contribution in [3.8, 4) is 0 Å². The number of thiophene rings is 1. The van der Waals surface area contributed by atoms with Crippen molar-refractivity contribution in [3.63, 3.8) is 0 Å². The molecule has 4 heteroatoms. The molecule has 1 unspecified atom stereocenters. The van der Waals surface area contributed by atoms with Gasteiger partial charge in [-0.1, -0.05) is 13.8 Å². The van der Waals surface area contributed by atoms with E-state index in [2.05, 4.69) is 31.3 Å². The fourth-order valence-electron chi connectivity index (χ4n) is 2.14. The normalized spacial score (nSPS) is 13.1. The first kappa shape index (κ1) is 17.6. The van der Waals surface area contributed by atoms with Gasteiger partial charge in [0, 0.05) is 29.4 Å². The molecule has 0 saturated carbocycles. The Balaban J connectivity index is 2.69. The second kappa shape index (κ2) is 10.3. The van der Waals surface area contributed by atoms with Crippen molar-refractivity contribution in [3.05, 3.63) is 21.9 Å². The number of nitrogens with one attached hydrogen (secondary N) is 1. The summed E-state index contributed by atoms with van der Waals surface area (Å²) in [6.45, 7) is 10.8. The van der Waals surface area contributed by atoms with Crippen LogP contribution >= 0.6 is 11.3 Å². The summed E-state index contributed by atoms with van der Waals surface area (Å²) in [5.74, 6) is 0. The van der Waals surface area contributed by atoms with Crippen LogP contribution < -0.4 is 5.32 Å². The topological polar surface area (TPSA) is 30.5 Å². The molecule has 0 radical (unpaired) electrons. The van der Waals surface area contributed by atoms with Crippen molar-refractivity contribution in [2.45, 2.75) is 59.3 Å². The summed E-state index contributed by atoms with van der Waals surface area (Å²) < 4.78 is 11.5. The van der Waals surface area contributed by atoms with Crippen molar-refractivity contribution in [2.75, 3.05) is 19.8 Å². The minimum Gasteiger partial charge on any atom is -0.351 e. The highest BCUT2D eigenvalue weighted by molar-refractivity contribution is 7.11. The molecule has 0 bridgehead atoms. The molecule has 1 heterocycles. The van der Waals surface area contributed by atoms with Gasteiger partial charge in [-0.3, -0.25) is 0 Å². The van der Waals surface area contributed by atoms with Gasteiger partial charge in [0.15, 0.2) is 6.29 Å². The van der Waals surface area contributed by atoms with Gasteiger partial charge in [-0.05, 0) is 45.4 Å². The Morgan fingerprint density at radius 2 is 1.70 bits per heavy atom. The Labute approximate surface area is 127 Å². The van der Waals surface area contributed by atoms with Crippen molar-refractivity contribution >= 4 is 11.3 Å². The average Bonchev–Trinajstić information content (AvgIpc) is 2.91. The molecule has 3 nitrogen and oxygen atoms in total. The van der Waals surface area contributed by atoms with E-state index in [1.54, 1.807) is 0 Å². The highest BCUT2D eigenvalue weighted by Crippen LogP contribution is 2.20. The zero-order valence-corrected chi connectivity index (χ0v) is 14.1. The maximum atomic E-state index is 5.77. The largest absolute Gasteiger partial charge is 0.351 e. The van der Waals surface area contributed by atoms with Crippen LogP contribution in [-0.2, 0) is 22.3 Å². The van der Waals surface area contributed by atoms with Gasteiger partial charge >= 0.3 is 0 Å². The quantitative estimate of drug-likeness (QED) is 0.633. The Kier molecular flexibility index (Phi) is 9.10. The standard InChI is InChI=1S/C16H29NO2S/c1-5-11-17-15(16(18-7-3)19-8-4)12-14-10-9-13(6-2)20-14/h9-10,15-17H,5-8,11-12H2,1-4H3. The van der Waals surface area contributed by atoms with Gasteiger partial charge in [-0.2, -0.15) is 0 Å². The molecule has 0 aliphatic rings. The first-order valence-corrected chi connectivity index (χ1v) is 8.60. The van der Waals surface area contributed by atoms with E-state index in [1.165, 1.54) is 9.75 Å². The molecule has 1 atom stereocenters. The molecule has 1 aromatic heterocycles. The molecule has 1 rings (SSSR count). The van der Waals surface area contributed by atoms with Crippen LogP contribution in [0.1, 0.15) is 43.9 Å². The number of hydrogen-bond donors (Lipinski definition) is 1. The smallest absolute Gasteiger partial charge is 0.173 e. The van der Waals surface area contributed by atoms with E-state index in [0.717, 1.165) is 25.8 Å². The molecule has 0 aliphatic heterocycles. The van der Waals surface area contributed by atoms with E-state index < -0.39 is 0 Å². The van der Waals surface area contributed by atoms with Gasteiger partial charge < -0.3 is 14.8 Å². The Morgan fingerprint density at radius 3 is 2.20 bits per heavy atom. The highest BCUT2D eigenvalue weighted by Gasteiger charge is 2.22. The molecule has 0 spiro atoms. The van der Waals surface area contributed by atoms with Crippen LogP contribution in [0.3, 0.4) is 0 Å². The zero-order valence-electron chi connectivity index (χ0n) is 13.3. The summed E-state index contributed by atoms with van der Waals surface area (Å²) in [5.41, 5.74) is 0. The Hall–Kier alpha value is -0.420. The number of aryl methyl sites for hydroxylation is 1. The van der Waals surface area contributed by atoms with Gasteiger partial charge in [-0.25, -0.2) is 0 Å². The average molecular weight is 299 g/mol. The monoisotopic (exact) mass is 299 g/mol. The summed E-state index contributed by atoms with van der Waals surface area (Å²) in [7, 11) is 0. The molecular weight excluding hydrogens is 270 g/mol. The van der Waals surface area contributed by atoms with Crippen molar-refractivity contribution in [2.24, 2.45) is 0 Å². The van der Waals surface area contributed by atoms with Gasteiger partial charge in [0.25, 0.3) is 0 Å². The van der Waals surface area contributed by atoms with E-state index in [0.29, 0.717) is 13.2 Å². The van der Waals surface area contributed by atoms with Crippen LogP contribution in [0.25, 0.3) is 0 Å². The van der Waals surface area contributed by atoms with Gasteiger partial charge in [-0.15, -0.1) is 11.3 Å². The number of rotatable bonds is 11. The summed E-state index contributed by atoms with van der Waals surface area (Å²) in [5, 5.41) is 3.57. The van der Waals surface area contributed by atoms with Gasteiger partial charge in [0.2, 0.25) is 0 Å². The first-order chi connectivity index (χ1) is 9.74. The number of ether oxygens (including phenoxy) is 2. The van der Waals surface area contributed by atoms with Crippen LogP contribution in [0.2, 0.25) is 0 Å². The fourth-order valence-corrected chi connectivity index (χ4v) is 3.16. The van der Waals surface area contributed by atoms with Crippen molar-refractivity contribution < 1.29 is 9.47 Å². The third kappa shape index (κ3) is 5.92. The zero-order chi connectivity index (χ0) is 14.8. The summed E-state index contributed by atoms with van der Waals surface area (Å²) in [6, 6.07) is 4.69. The number of hydrogen-bond acceptors (Lipinski definition) is 4. The van der Waals surface area contributed by atoms with Crippen molar-refractivity contribution in [1.82, 2.24) is 5.32 Å². The van der Waals surface area contributed by atoms with E-state index in [-0.39, 0.29) is 12.3 Å². The lowest BCUT2D eigenvalue weighted by atomic mass is 10.1. The van der Waals surface area contributed by atoms with Crippen molar-refractivity contribution in [1.29, 1.82) is 0 Å². The van der Waals surface area contributed by atoms with Gasteiger partial charge in [0.1, 0.15) is 0 Å². The summed E-state index contributed by atoms with van der Waals surface area (Å²) >= 11 is 1.90. The molecule has 0 amide bonds. The molecule has 0 aromatic carbocycles. The van der Waals surface area contributed by atoms with Crippen LogP contribution in [-0.4, -0.2) is 32.1 Å². The second-order valence-electron chi connectivity index (χ2n) is 4.77. The minimum absolute atomic E-state index is 0.163. The molecule has 1 N–H and O–H groups in total. The predicted octanol–water partition coefficient (Wildman–Crippen LogP) is 3.62. The highest BCUT2D eigenvalue weighted by atomic mass is 32.1. The lowest BCUT2D eigenvalue weighted by molar-refractivity contribution is -0.153. The molecule has 20 heavy (non-hydrogen) atoms. The minimum atomic E-state index is -0.163. The van der Waals surface area contributed by atoms with E-state index >= 15 is 0 Å². The maximum absolute atomic E-state index is 5.77. The molecule has 116 valence electrons. The maximum Gasteiger partial charge on any atom is 0.173 e. The summed E-state index contributed by atoms with van der Waals surface area (Å²) in [4.78, 5) is 2.85. The van der Waals surface area contributed by atoms with E-state index in [1.807, 2.05) is 25.2 Å². The van der Waals surface area contributed by atoms with Crippen LogP contribution in [0.5, 0.6) is 0 Å². The van der Waals surface area contributed by atoms with Crippen LogP contribution in [0, 0.1) is 0 Å². The third-order valence-corrected chi connectivity index (χ3v) is 4.39.